The Balaban J connectivity index is 1.58. The zero-order valence-electron chi connectivity index (χ0n) is 13.2. The van der Waals surface area contributed by atoms with Crippen LogP contribution in [0.4, 0.5) is 11.5 Å². The Morgan fingerprint density at radius 3 is 2.67 bits per heavy atom. The minimum Gasteiger partial charge on any atom is -0.366 e. The molecule has 6 nitrogen and oxygen atoms in total. The van der Waals surface area contributed by atoms with Gasteiger partial charge in [0.05, 0.1) is 5.56 Å². The van der Waals surface area contributed by atoms with Crippen LogP contribution in [0.1, 0.15) is 21.6 Å². The number of aromatic nitrogens is 3. The van der Waals surface area contributed by atoms with Gasteiger partial charge in [0.25, 0.3) is 5.91 Å². The van der Waals surface area contributed by atoms with Gasteiger partial charge in [-0.05, 0) is 36.8 Å². The molecule has 6 heteroatoms. The summed E-state index contributed by atoms with van der Waals surface area (Å²) in [5.41, 5.74) is 3.28. The molecule has 1 amide bonds. The number of anilines is 2. The van der Waals surface area contributed by atoms with Gasteiger partial charge in [0.15, 0.2) is 0 Å². The maximum absolute atomic E-state index is 12.1. The Hall–Kier alpha value is -3.28. The van der Waals surface area contributed by atoms with Crippen molar-refractivity contribution >= 4 is 17.4 Å². The molecule has 0 fully saturated rings. The molecule has 0 aliphatic carbocycles. The van der Waals surface area contributed by atoms with Crippen molar-refractivity contribution in [3.63, 3.8) is 0 Å². The number of hydrogen-bond acceptors (Lipinski definition) is 5. The van der Waals surface area contributed by atoms with Gasteiger partial charge in [0, 0.05) is 36.4 Å². The van der Waals surface area contributed by atoms with Crippen molar-refractivity contribution in [3.8, 4) is 0 Å². The Morgan fingerprint density at radius 1 is 1.12 bits per heavy atom. The summed E-state index contributed by atoms with van der Waals surface area (Å²) in [4.78, 5) is 24.2. The highest BCUT2D eigenvalue weighted by atomic mass is 16.1. The van der Waals surface area contributed by atoms with Crippen molar-refractivity contribution in [1.29, 1.82) is 0 Å². The molecule has 24 heavy (non-hydrogen) atoms. The minimum atomic E-state index is -0.176. The van der Waals surface area contributed by atoms with Crippen LogP contribution in [0.25, 0.3) is 0 Å². The van der Waals surface area contributed by atoms with Crippen LogP contribution in [0.5, 0.6) is 0 Å². The molecular weight excluding hydrogens is 302 g/mol. The number of nitrogens with zero attached hydrogens (tertiary/aromatic N) is 3. The number of nitrogens with one attached hydrogen (secondary N) is 2. The zero-order valence-corrected chi connectivity index (χ0v) is 13.2. The fourth-order valence-corrected chi connectivity index (χ4v) is 2.15. The van der Waals surface area contributed by atoms with Gasteiger partial charge in [-0.3, -0.25) is 9.78 Å². The first-order valence-electron chi connectivity index (χ1n) is 7.53. The summed E-state index contributed by atoms with van der Waals surface area (Å²) in [6.45, 7) is 2.57. The number of pyridine rings is 1. The van der Waals surface area contributed by atoms with Crippen LogP contribution in [-0.4, -0.2) is 20.9 Å². The Kier molecular flexibility index (Phi) is 4.76. The molecule has 0 aliphatic heterocycles. The number of aryl methyl sites for hydroxylation is 1. The van der Waals surface area contributed by atoms with E-state index in [9.17, 15) is 4.79 Å². The van der Waals surface area contributed by atoms with Crippen molar-refractivity contribution in [3.05, 3.63) is 78.0 Å². The van der Waals surface area contributed by atoms with Crippen molar-refractivity contribution in [1.82, 2.24) is 15.0 Å². The molecule has 0 saturated heterocycles. The average Bonchev–Trinajstić information content (AvgIpc) is 2.62. The minimum absolute atomic E-state index is 0.176. The van der Waals surface area contributed by atoms with E-state index in [4.69, 9.17) is 0 Å². The van der Waals surface area contributed by atoms with Crippen molar-refractivity contribution in [2.75, 3.05) is 10.6 Å². The molecule has 120 valence electrons. The first kappa shape index (κ1) is 15.6. The van der Waals surface area contributed by atoms with E-state index in [1.807, 2.05) is 37.3 Å². The Morgan fingerprint density at radius 2 is 1.96 bits per heavy atom. The normalized spacial score (nSPS) is 10.2. The highest BCUT2D eigenvalue weighted by Gasteiger charge is 2.05. The molecule has 0 spiro atoms. The van der Waals surface area contributed by atoms with Gasteiger partial charge in [0.2, 0.25) is 0 Å². The lowest BCUT2D eigenvalue weighted by molar-refractivity contribution is 0.102. The number of amides is 1. The molecule has 2 heterocycles. The highest BCUT2D eigenvalue weighted by molar-refractivity contribution is 6.03. The van der Waals surface area contributed by atoms with Gasteiger partial charge in [-0.2, -0.15) is 0 Å². The van der Waals surface area contributed by atoms with Crippen molar-refractivity contribution < 1.29 is 4.79 Å². The first-order chi connectivity index (χ1) is 11.7. The Bertz CT molecular complexity index is 818. The third-order valence-corrected chi connectivity index (χ3v) is 3.41. The van der Waals surface area contributed by atoms with E-state index in [2.05, 4.69) is 25.6 Å². The SMILES string of the molecule is Cc1cc(NCc2ccc(NC(=O)c3cccnc3)cc2)ncn1. The van der Waals surface area contributed by atoms with Crippen LogP contribution in [0.2, 0.25) is 0 Å². The summed E-state index contributed by atoms with van der Waals surface area (Å²) in [7, 11) is 0. The van der Waals surface area contributed by atoms with Crippen LogP contribution in [0, 0.1) is 6.92 Å². The molecule has 3 rings (SSSR count). The van der Waals surface area contributed by atoms with E-state index in [1.54, 1.807) is 18.3 Å². The van der Waals surface area contributed by atoms with Crippen molar-refractivity contribution in [2.45, 2.75) is 13.5 Å². The second kappa shape index (κ2) is 7.32. The summed E-state index contributed by atoms with van der Waals surface area (Å²) >= 11 is 0. The van der Waals surface area contributed by atoms with Gasteiger partial charge < -0.3 is 10.6 Å². The van der Waals surface area contributed by atoms with E-state index in [1.165, 1.54) is 12.5 Å². The third kappa shape index (κ3) is 4.13. The molecule has 0 bridgehead atoms. The molecule has 0 aliphatic rings. The fraction of sp³-hybridized carbons (Fsp3) is 0.111. The molecule has 3 aromatic rings. The van der Waals surface area contributed by atoms with Gasteiger partial charge in [-0.25, -0.2) is 9.97 Å². The zero-order chi connectivity index (χ0) is 16.8. The molecule has 0 radical (unpaired) electrons. The number of benzene rings is 1. The van der Waals surface area contributed by atoms with Gasteiger partial charge in [0.1, 0.15) is 12.1 Å². The fourth-order valence-electron chi connectivity index (χ4n) is 2.15. The van der Waals surface area contributed by atoms with Crippen molar-refractivity contribution in [2.24, 2.45) is 0 Å². The summed E-state index contributed by atoms with van der Waals surface area (Å²) in [5, 5.41) is 6.09. The topological polar surface area (TPSA) is 79.8 Å². The summed E-state index contributed by atoms with van der Waals surface area (Å²) in [6.07, 6.45) is 4.71. The van der Waals surface area contributed by atoms with Gasteiger partial charge in [-0.15, -0.1) is 0 Å². The molecule has 2 aromatic heterocycles. The van der Waals surface area contributed by atoms with E-state index in [-0.39, 0.29) is 5.91 Å². The molecule has 0 unspecified atom stereocenters. The van der Waals surface area contributed by atoms with E-state index >= 15 is 0 Å². The lowest BCUT2D eigenvalue weighted by atomic mass is 10.2. The summed E-state index contributed by atoms with van der Waals surface area (Å²) < 4.78 is 0. The van der Waals surface area contributed by atoms with Gasteiger partial charge in [-0.1, -0.05) is 12.1 Å². The lowest BCUT2D eigenvalue weighted by Gasteiger charge is -2.08. The smallest absolute Gasteiger partial charge is 0.257 e. The van der Waals surface area contributed by atoms with E-state index in [0.717, 1.165) is 22.8 Å². The number of hydrogen-bond donors (Lipinski definition) is 2. The highest BCUT2D eigenvalue weighted by Crippen LogP contribution is 2.13. The van der Waals surface area contributed by atoms with Crippen LogP contribution in [-0.2, 0) is 6.54 Å². The monoisotopic (exact) mass is 319 g/mol. The summed E-state index contributed by atoms with van der Waals surface area (Å²) in [6, 6.07) is 13.0. The van der Waals surface area contributed by atoms with E-state index in [0.29, 0.717) is 12.1 Å². The number of rotatable bonds is 5. The van der Waals surface area contributed by atoms with Crippen LogP contribution < -0.4 is 10.6 Å². The predicted octanol–water partition coefficient (Wildman–Crippen LogP) is 3.04. The predicted molar refractivity (Wildman–Crippen MR) is 92.7 cm³/mol. The second-order valence-electron chi connectivity index (χ2n) is 5.29. The van der Waals surface area contributed by atoms with Crippen LogP contribution in [0.15, 0.2) is 61.2 Å². The molecular formula is C18H17N5O. The quantitative estimate of drug-likeness (QED) is 0.755. The number of carbonyl (C=O) groups is 1. The second-order valence-corrected chi connectivity index (χ2v) is 5.29. The maximum Gasteiger partial charge on any atom is 0.257 e. The Labute approximate surface area is 140 Å². The van der Waals surface area contributed by atoms with Gasteiger partial charge >= 0.3 is 0 Å². The lowest BCUT2D eigenvalue weighted by Crippen LogP contribution is -2.12. The third-order valence-electron chi connectivity index (χ3n) is 3.41. The largest absolute Gasteiger partial charge is 0.366 e. The average molecular weight is 319 g/mol. The standard InChI is InChI=1S/C18H17N5O/c1-13-9-17(22-12-21-13)20-10-14-4-6-16(7-5-14)23-18(24)15-3-2-8-19-11-15/h2-9,11-12H,10H2,1H3,(H,23,24)(H,20,21,22). The van der Waals surface area contributed by atoms with Crippen LogP contribution >= 0.6 is 0 Å². The summed E-state index contributed by atoms with van der Waals surface area (Å²) in [5.74, 6) is 0.613. The first-order valence-corrected chi connectivity index (χ1v) is 7.53. The molecule has 0 atom stereocenters. The molecule has 2 N–H and O–H groups in total. The van der Waals surface area contributed by atoms with E-state index < -0.39 is 0 Å². The molecule has 1 aromatic carbocycles. The molecule has 0 saturated carbocycles. The number of carbonyl (C=O) groups excluding carboxylic acids is 1. The van der Waals surface area contributed by atoms with Crippen LogP contribution in [0.3, 0.4) is 0 Å². The maximum atomic E-state index is 12.1.